The number of furan rings is 1. The number of pyridine rings is 1. The third kappa shape index (κ3) is 2.83. The van der Waals surface area contributed by atoms with Gasteiger partial charge in [-0.05, 0) is 30.3 Å². The Labute approximate surface area is 144 Å². The number of anilines is 3. The minimum atomic E-state index is -0.00787. The molecule has 0 spiro atoms. The Morgan fingerprint density at radius 2 is 1.68 bits per heavy atom. The van der Waals surface area contributed by atoms with Crippen LogP contribution < -0.4 is 11.1 Å². The van der Waals surface area contributed by atoms with Gasteiger partial charge >= 0.3 is 0 Å². The van der Waals surface area contributed by atoms with Gasteiger partial charge in [-0.15, -0.1) is 0 Å². The molecular formula is C20H15N3O2. The number of nitrogens with one attached hydrogen (secondary N) is 1. The van der Waals surface area contributed by atoms with Gasteiger partial charge in [0.05, 0.1) is 6.20 Å². The van der Waals surface area contributed by atoms with E-state index in [1.165, 1.54) is 0 Å². The monoisotopic (exact) mass is 329 g/mol. The minimum Gasteiger partial charge on any atom is -0.437 e. The molecule has 0 atom stereocenters. The van der Waals surface area contributed by atoms with Gasteiger partial charge in [-0.25, -0.2) is 0 Å². The van der Waals surface area contributed by atoms with Crippen LogP contribution >= 0.6 is 0 Å². The first kappa shape index (κ1) is 15.0. The van der Waals surface area contributed by atoms with Crippen LogP contribution in [-0.4, -0.2) is 10.8 Å². The van der Waals surface area contributed by atoms with Gasteiger partial charge in [0.2, 0.25) is 5.88 Å². The van der Waals surface area contributed by atoms with Gasteiger partial charge in [0.15, 0.2) is 11.4 Å². The molecule has 0 fully saturated rings. The highest BCUT2D eigenvalue weighted by atomic mass is 16.3. The van der Waals surface area contributed by atoms with E-state index in [0.717, 1.165) is 11.1 Å². The van der Waals surface area contributed by atoms with Crippen LogP contribution in [0.1, 0.15) is 15.9 Å². The summed E-state index contributed by atoms with van der Waals surface area (Å²) in [6.07, 6.45) is 3.31. The molecular weight excluding hydrogens is 314 g/mol. The molecule has 122 valence electrons. The summed E-state index contributed by atoms with van der Waals surface area (Å²) < 4.78 is 5.49. The molecule has 0 saturated heterocycles. The largest absolute Gasteiger partial charge is 0.437 e. The second-order valence-electron chi connectivity index (χ2n) is 5.61. The van der Waals surface area contributed by atoms with Crippen molar-refractivity contribution in [1.82, 2.24) is 4.98 Å². The smallest absolute Gasteiger partial charge is 0.215 e. The molecule has 2 heterocycles. The lowest BCUT2D eigenvalue weighted by Crippen LogP contribution is -2.01. The predicted molar refractivity (Wildman–Crippen MR) is 98.0 cm³/mol. The van der Waals surface area contributed by atoms with Crippen LogP contribution in [0.5, 0.6) is 0 Å². The molecule has 0 unspecified atom stereocenters. The number of benzene rings is 2. The number of carbonyl (C=O) groups excluding carboxylic acids is 1. The third-order valence-corrected chi connectivity index (χ3v) is 3.97. The lowest BCUT2D eigenvalue weighted by Gasteiger charge is -2.07. The molecule has 0 aliphatic rings. The summed E-state index contributed by atoms with van der Waals surface area (Å²) >= 11 is 0. The molecule has 2 aromatic heterocycles. The predicted octanol–water partition coefficient (Wildman–Crippen LogP) is 4.38. The van der Waals surface area contributed by atoms with Crippen LogP contribution in [0.15, 0.2) is 77.5 Å². The van der Waals surface area contributed by atoms with Crippen molar-refractivity contribution >= 4 is 34.0 Å². The Morgan fingerprint density at radius 3 is 2.44 bits per heavy atom. The maximum Gasteiger partial charge on any atom is 0.215 e. The number of rotatable bonds is 4. The lowest BCUT2D eigenvalue weighted by atomic mass is 10.0. The third-order valence-electron chi connectivity index (χ3n) is 3.97. The van der Waals surface area contributed by atoms with Gasteiger partial charge < -0.3 is 15.5 Å². The van der Waals surface area contributed by atoms with Crippen molar-refractivity contribution in [3.05, 3.63) is 84.2 Å². The van der Waals surface area contributed by atoms with Gasteiger partial charge in [0, 0.05) is 28.4 Å². The maximum absolute atomic E-state index is 12.4. The molecule has 25 heavy (non-hydrogen) atoms. The number of fused-ring (bicyclic) bond motifs is 1. The zero-order chi connectivity index (χ0) is 17.2. The second-order valence-corrected chi connectivity index (χ2v) is 5.61. The Kier molecular flexibility index (Phi) is 3.67. The molecule has 5 nitrogen and oxygen atoms in total. The van der Waals surface area contributed by atoms with Crippen molar-refractivity contribution in [1.29, 1.82) is 0 Å². The highest BCUT2D eigenvalue weighted by Gasteiger charge is 2.12. The van der Waals surface area contributed by atoms with E-state index in [0.29, 0.717) is 28.3 Å². The van der Waals surface area contributed by atoms with Gasteiger partial charge in [-0.3, -0.25) is 9.78 Å². The van der Waals surface area contributed by atoms with Crippen LogP contribution in [0.3, 0.4) is 0 Å². The van der Waals surface area contributed by atoms with Crippen molar-refractivity contribution in [3.63, 3.8) is 0 Å². The van der Waals surface area contributed by atoms with Crippen LogP contribution in [0.4, 0.5) is 17.3 Å². The first-order valence-corrected chi connectivity index (χ1v) is 7.81. The van der Waals surface area contributed by atoms with Crippen LogP contribution in [-0.2, 0) is 0 Å². The summed E-state index contributed by atoms with van der Waals surface area (Å²) in [5.41, 5.74) is 9.38. The summed E-state index contributed by atoms with van der Waals surface area (Å²) in [5.74, 6) is 0.291. The Morgan fingerprint density at radius 1 is 0.960 bits per heavy atom. The summed E-state index contributed by atoms with van der Waals surface area (Å²) in [4.78, 5) is 16.5. The quantitative estimate of drug-likeness (QED) is 0.543. The zero-order valence-electron chi connectivity index (χ0n) is 13.3. The summed E-state index contributed by atoms with van der Waals surface area (Å²) in [7, 11) is 0. The molecule has 0 radical (unpaired) electrons. The average molecular weight is 329 g/mol. The van der Waals surface area contributed by atoms with Crippen molar-refractivity contribution < 1.29 is 9.21 Å². The summed E-state index contributed by atoms with van der Waals surface area (Å²) in [6.45, 7) is 0. The van der Waals surface area contributed by atoms with E-state index in [1.54, 1.807) is 36.7 Å². The molecule has 0 saturated carbocycles. The Hall–Kier alpha value is -3.60. The normalized spacial score (nSPS) is 10.7. The molecule has 0 aliphatic carbocycles. The van der Waals surface area contributed by atoms with Gasteiger partial charge in [0.25, 0.3) is 0 Å². The van der Waals surface area contributed by atoms with E-state index < -0.39 is 0 Å². The van der Waals surface area contributed by atoms with Crippen molar-refractivity contribution in [2.24, 2.45) is 0 Å². The fourth-order valence-corrected chi connectivity index (χ4v) is 2.70. The number of carbonyl (C=O) groups is 1. The van der Waals surface area contributed by atoms with Gasteiger partial charge in [-0.1, -0.05) is 30.3 Å². The van der Waals surface area contributed by atoms with Crippen molar-refractivity contribution in [3.8, 4) is 0 Å². The molecule has 4 rings (SSSR count). The molecule has 0 bridgehead atoms. The fourth-order valence-electron chi connectivity index (χ4n) is 2.70. The molecule has 0 amide bonds. The Balaban J connectivity index is 1.60. The topological polar surface area (TPSA) is 81.2 Å². The lowest BCUT2D eigenvalue weighted by molar-refractivity contribution is 0.103. The molecule has 5 heteroatoms. The minimum absolute atomic E-state index is 0.00787. The van der Waals surface area contributed by atoms with E-state index in [9.17, 15) is 4.79 Å². The number of nitrogens with zero attached hydrogens (tertiary/aromatic N) is 1. The van der Waals surface area contributed by atoms with E-state index in [2.05, 4.69) is 10.3 Å². The van der Waals surface area contributed by atoms with Gasteiger partial charge in [0.1, 0.15) is 5.69 Å². The SMILES string of the molecule is Nc1oc2cnccc2c1Nc1ccc(C(=O)c2ccccc2)cc1. The highest BCUT2D eigenvalue weighted by Crippen LogP contribution is 2.34. The maximum atomic E-state index is 12.4. The van der Waals surface area contributed by atoms with E-state index in [1.807, 2.05) is 36.4 Å². The number of aromatic nitrogens is 1. The number of hydrogen-bond donors (Lipinski definition) is 2. The van der Waals surface area contributed by atoms with Crippen LogP contribution in [0.25, 0.3) is 11.0 Å². The van der Waals surface area contributed by atoms with E-state index in [4.69, 9.17) is 10.2 Å². The average Bonchev–Trinajstić information content (AvgIpc) is 2.98. The Bertz CT molecular complexity index is 1040. The number of ketones is 1. The highest BCUT2D eigenvalue weighted by molar-refractivity contribution is 6.09. The second kappa shape index (κ2) is 6.13. The van der Waals surface area contributed by atoms with Crippen molar-refractivity contribution in [2.45, 2.75) is 0 Å². The fraction of sp³-hybridized carbons (Fsp3) is 0. The zero-order valence-corrected chi connectivity index (χ0v) is 13.3. The first-order chi connectivity index (χ1) is 12.2. The number of nitrogen functional groups attached to an aromatic ring is 1. The molecule has 0 aliphatic heterocycles. The van der Waals surface area contributed by atoms with Gasteiger partial charge in [-0.2, -0.15) is 0 Å². The summed E-state index contributed by atoms with van der Waals surface area (Å²) in [5, 5.41) is 4.10. The standard InChI is InChI=1S/C20H15N3O2/c21-20-18(16-10-11-22-12-17(16)25-20)23-15-8-6-14(7-9-15)19(24)13-4-2-1-3-5-13/h1-12,23H,21H2. The summed E-state index contributed by atoms with van der Waals surface area (Å²) in [6, 6.07) is 18.3. The van der Waals surface area contributed by atoms with E-state index >= 15 is 0 Å². The number of nitrogens with two attached hydrogens (primary N) is 1. The van der Waals surface area contributed by atoms with Crippen LogP contribution in [0.2, 0.25) is 0 Å². The molecule has 4 aromatic rings. The molecule has 2 aromatic carbocycles. The van der Waals surface area contributed by atoms with Crippen molar-refractivity contribution in [2.75, 3.05) is 11.1 Å². The first-order valence-electron chi connectivity index (χ1n) is 7.81. The van der Waals surface area contributed by atoms with E-state index in [-0.39, 0.29) is 5.78 Å². The van der Waals surface area contributed by atoms with Crippen LogP contribution in [0, 0.1) is 0 Å². The molecule has 3 N–H and O–H groups in total. The number of hydrogen-bond acceptors (Lipinski definition) is 5.